The number of hydrogen-bond acceptors (Lipinski definition) is 5. The molecule has 0 saturated carbocycles. The summed E-state index contributed by atoms with van der Waals surface area (Å²) < 4.78 is 16.3. The van der Waals surface area contributed by atoms with Crippen molar-refractivity contribution in [3.8, 4) is 5.75 Å². The number of amides is 1. The SMILES string of the molecule is CCOC(=O)c1cc(NC(=O)C(C)(C)OCC)ccc1O[C@H](C)CC. The van der Waals surface area contributed by atoms with Gasteiger partial charge in [0.25, 0.3) is 5.91 Å². The average molecular weight is 351 g/mol. The first-order chi connectivity index (χ1) is 11.7. The summed E-state index contributed by atoms with van der Waals surface area (Å²) in [7, 11) is 0. The molecule has 0 saturated heterocycles. The first kappa shape index (κ1) is 21.0. The predicted octanol–water partition coefficient (Wildman–Crippen LogP) is 3.79. The maximum atomic E-state index is 12.4. The van der Waals surface area contributed by atoms with Crippen LogP contribution in [0.3, 0.4) is 0 Å². The van der Waals surface area contributed by atoms with Crippen LogP contribution in [-0.4, -0.2) is 36.8 Å². The van der Waals surface area contributed by atoms with Crippen molar-refractivity contribution in [1.29, 1.82) is 0 Å². The van der Waals surface area contributed by atoms with Gasteiger partial charge in [0.15, 0.2) is 0 Å². The molecule has 1 aromatic rings. The van der Waals surface area contributed by atoms with Crippen LogP contribution in [0.25, 0.3) is 0 Å². The fourth-order valence-electron chi connectivity index (χ4n) is 2.09. The molecule has 140 valence electrons. The zero-order valence-electron chi connectivity index (χ0n) is 16.0. The molecule has 0 aliphatic heterocycles. The van der Waals surface area contributed by atoms with Gasteiger partial charge in [-0.1, -0.05) is 6.92 Å². The second-order valence-corrected chi connectivity index (χ2v) is 6.17. The van der Waals surface area contributed by atoms with Crippen molar-refractivity contribution in [3.05, 3.63) is 23.8 Å². The Morgan fingerprint density at radius 3 is 2.40 bits per heavy atom. The number of esters is 1. The van der Waals surface area contributed by atoms with E-state index in [4.69, 9.17) is 14.2 Å². The van der Waals surface area contributed by atoms with E-state index in [-0.39, 0.29) is 24.2 Å². The van der Waals surface area contributed by atoms with Gasteiger partial charge in [-0.2, -0.15) is 0 Å². The quantitative estimate of drug-likeness (QED) is 0.685. The summed E-state index contributed by atoms with van der Waals surface area (Å²) in [6.45, 7) is 11.6. The second-order valence-electron chi connectivity index (χ2n) is 6.17. The highest BCUT2D eigenvalue weighted by Gasteiger charge is 2.28. The average Bonchev–Trinajstić information content (AvgIpc) is 2.56. The lowest BCUT2D eigenvalue weighted by molar-refractivity contribution is -0.136. The fourth-order valence-corrected chi connectivity index (χ4v) is 2.09. The lowest BCUT2D eigenvalue weighted by atomic mass is 10.1. The zero-order chi connectivity index (χ0) is 19.0. The van der Waals surface area contributed by atoms with E-state index in [1.165, 1.54) is 0 Å². The summed E-state index contributed by atoms with van der Waals surface area (Å²) >= 11 is 0. The maximum absolute atomic E-state index is 12.4. The van der Waals surface area contributed by atoms with Crippen molar-refractivity contribution in [2.45, 2.75) is 59.7 Å². The monoisotopic (exact) mass is 351 g/mol. The van der Waals surface area contributed by atoms with E-state index in [0.29, 0.717) is 18.0 Å². The minimum Gasteiger partial charge on any atom is -0.490 e. The first-order valence-electron chi connectivity index (χ1n) is 8.68. The van der Waals surface area contributed by atoms with Crippen molar-refractivity contribution < 1.29 is 23.8 Å². The molecule has 6 heteroatoms. The molecule has 1 atom stereocenters. The minimum atomic E-state index is -0.968. The molecule has 0 aromatic heterocycles. The molecule has 25 heavy (non-hydrogen) atoms. The number of rotatable bonds is 9. The Hall–Kier alpha value is -2.08. The molecule has 1 rings (SSSR count). The van der Waals surface area contributed by atoms with Gasteiger partial charge in [-0.3, -0.25) is 4.79 Å². The summed E-state index contributed by atoms with van der Waals surface area (Å²) in [4.78, 5) is 24.6. The highest BCUT2D eigenvalue weighted by molar-refractivity contribution is 5.99. The van der Waals surface area contributed by atoms with Crippen molar-refractivity contribution in [3.63, 3.8) is 0 Å². The Morgan fingerprint density at radius 1 is 1.16 bits per heavy atom. The molecule has 0 fully saturated rings. The van der Waals surface area contributed by atoms with Gasteiger partial charge < -0.3 is 19.5 Å². The molecule has 0 aliphatic rings. The normalized spacial score (nSPS) is 12.4. The van der Waals surface area contributed by atoms with Crippen LogP contribution in [0.1, 0.15) is 58.3 Å². The number of nitrogens with one attached hydrogen (secondary N) is 1. The number of carbonyl (C=O) groups excluding carboxylic acids is 2. The van der Waals surface area contributed by atoms with Crippen LogP contribution < -0.4 is 10.1 Å². The van der Waals surface area contributed by atoms with Gasteiger partial charge in [0, 0.05) is 12.3 Å². The van der Waals surface area contributed by atoms with Gasteiger partial charge >= 0.3 is 5.97 Å². The minimum absolute atomic E-state index is 0.0366. The lowest BCUT2D eigenvalue weighted by Crippen LogP contribution is -2.39. The lowest BCUT2D eigenvalue weighted by Gasteiger charge is -2.24. The van der Waals surface area contributed by atoms with E-state index < -0.39 is 11.6 Å². The van der Waals surface area contributed by atoms with E-state index in [0.717, 1.165) is 6.42 Å². The Kier molecular flexibility index (Phi) is 7.90. The third-order valence-electron chi connectivity index (χ3n) is 3.69. The third-order valence-corrected chi connectivity index (χ3v) is 3.69. The second kappa shape index (κ2) is 9.42. The topological polar surface area (TPSA) is 73.9 Å². The van der Waals surface area contributed by atoms with E-state index in [1.54, 1.807) is 39.0 Å². The van der Waals surface area contributed by atoms with Crippen LogP contribution in [0.2, 0.25) is 0 Å². The summed E-state index contributed by atoms with van der Waals surface area (Å²) in [5.74, 6) is -0.337. The standard InChI is InChI=1S/C19H29NO5/c1-7-13(4)25-16-11-10-14(12-15(16)17(21)23-8-2)20-18(22)19(5,6)24-9-3/h10-13H,7-9H2,1-6H3,(H,20,22)/t13-/m1/s1. The number of carbonyl (C=O) groups is 2. The van der Waals surface area contributed by atoms with Gasteiger partial charge in [0.2, 0.25) is 0 Å². The summed E-state index contributed by atoms with van der Waals surface area (Å²) in [5, 5.41) is 2.77. The molecule has 0 unspecified atom stereocenters. The van der Waals surface area contributed by atoms with Crippen molar-refractivity contribution in [1.82, 2.24) is 0 Å². The fraction of sp³-hybridized carbons (Fsp3) is 0.579. The zero-order valence-corrected chi connectivity index (χ0v) is 16.0. The molecular weight excluding hydrogens is 322 g/mol. The van der Waals surface area contributed by atoms with Gasteiger partial charge in [-0.15, -0.1) is 0 Å². The van der Waals surface area contributed by atoms with Crippen LogP contribution in [0.5, 0.6) is 5.75 Å². The van der Waals surface area contributed by atoms with Crippen molar-refractivity contribution in [2.24, 2.45) is 0 Å². The molecule has 1 amide bonds. The molecular formula is C19H29NO5. The number of benzene rings is 1. The molecule has 1 aromatic carbocycles. The van der Waals surface area contributed by atoms with Gasteiger partial charge in [-0.25, -0.2) is 4.79 Å². The maximum Gasteiger partial charge on any atom is 0.341 e. The van der Waals surface area contributed by atoms with Gasteiger partial charge in [0.05, 0.1) is 12.7 Å². The summed E-state index contributed by atoms with van der Waals surface area (Å²) in [6.07, 6.45) is 0.772. The molecule has 1 N–H and O–H groups in total. The first-order valence-corrected chi connectivity index (χ1v) is 8.68. The largest absolute Gasteiger partial charge is 0.490 e. The highest BCUT2D eigenvalue weighted by atomic mass is 16.5. The van der Waals surface area contributed by atoms with E-state index in [1.807, 2.05) is 20.8 Å². The molecule has 0 spiro atoms. The Labute approximate surface area is 149 Å². The Bertz CT molecular complexity index is 597. The molecule has 0 bridgehead atoms. The summed E-state index contributed by atoms with van der Waals surface area (Å²) in [5.41, 5.74) is -0.198. The van der Waals surface area contributed by atoms with Crippen LogP contribution in [0.4, 0.5) is 5.69 Å². The van der Waals surface area contributed by atoms with E-state index in [2.05, 4.69) is 5.32 Å². The third kappa shape index (κ3) is 6.05. The predicted molar refractivity (Wildman–Crippen MR) is 97.1 cm³/mol. The van der Waals surface area contributed by atoms with Crippen molar-refractivity contribution >= 4 is 17.6 Å². The number of anilines is 1. The smallest absolute Gasteiger partial charge is 0.341 e. The molecule has 6 nitrogen and oxygen atoms in total. The molecule has 0 radical (unpaired) electrons. The molecule has 0 aliphatic carbocycles. The van der Waals surface area contributed by atoms with Crippen molar-refractivity contribution in [2.75, 3.05) is 18.5 Å². The van der Waals surface area contributed by atoms with Gasteiger partial charge in [0.1, 0.15) is 16.9 Å². The Morgan fingerprint density at radius 2 is 1.84 bits per heavy atom. The van der Waals surface area contributed by atoms with E-state index >= 15 is 0 Å². The number of ether oxygens (including phenoxy) is 3. The Balaban J connectivity index is 3.08. The summed E-state index contributed by atoms with van der Waals surface area (Å²) in [6, 6.07) is 4.93. The highest BCUT2D eigenvalue weighted by Crippen LogP contribution is 2.26. The van der Waals surface area contributed by atoms with Crippen LogP contribution in [0.15, 0.2) is 18.2 Å². The number of hydrogen-bond donors (Lipinski definition) is 1. The van der Waals surface area contributed by atoms with Crippen LogP contribution in [0, 0.1) is 0 Å². The van der Waals surface area contributed by atoms with E-state index in [9.17, 15) is 9.59 Å². The molecule has 0 heterocycles. The van der Waals surface area contributed by atoms with Crippen LogP contribution >= 0.6 is 0 Å². The van der Waals surface area contributed by atoms with Gasteiger partial charge in [-0.05, 0) is 59.2 Å². The van der Waals surface area contributed by atoms with Crippen LogP contribution in [-0.2, 0) is 14.3 Å².